The summed E-state index contributed by atoms with van der Waals surface area (Å²) >= 11 is 0. The molecule has 0 bridgehead atoms. The van der Waals surface area contributed by atoms with Crippen LogP contribution < -0.4 is 0 Å². The predicted molar refractivity (Wildman–Crippen MR) is 112 cm³/mol. The van der Waals surface area contributed by atoms with Gasteiger partial charge in [0.25, 0.3) is 5.91 Å². The van der Waals surface area contributed by atoms with E-state index >= 15 is 0 Å². The zero-order valence-corrected chi connectivity index (χ0v) is 18.0. The van der Waals surface area contributed by atoms with Crippen molar-refractivity contribution in [3.63, 3.8) is 0 Å². The zero-order valence-electron chi connectivity index (χ0n) is 18.0. The van der Waals surface area contributed by atoms with Crippen molar-refractivity contribution in [2.24, 2.45) is 23.2 Å². The Hall–Kier alpha value is -2.08. The summed E-state index contributed by atoms with van der Waals surface area (Å²) in [6.45, 7) is 8.29. The van der Waals surface area contributed by atoms with Gasteiger partial charge in [-0.05, 0) is 42.7 Å². The first kappa shape index (κ1) is 19.9. The van der Waals surface area contributed by atoms with Crippen molar-refractivity contribution >= 4 is 11.9 Å². The second-order valence-electron chi connectivity index (χ2n) is 9.91. The van der Waals surface area contributed by atoms with E-state index in [0.29, 0.717) is 24.8 Å². The number of nitrogens with zero attached hydrogens (tertiary/aromatic N) is 2. The number of amides is 1. The van der Waals surface area contributed by atoms with Crippen LogP contribution in [0.2, 0.25) is 0 Å². The third kappa shape index (κ3) is 3.39. The van der Waals surface area contributed by atoms with Gasteiger partial charge in [-0.2, -0.15) is 0 Å². The lowest BCUT2D eigenvalue weighted by molar-refractivity contribution is -0.145. The average molecular weight is 413 g/mol. The van der Waals surface area contributed by atoms with E-state index in [4.69, 9.17) is 9.15 Å². The number of ether oxygens (including phenoxy) is 1. The maximum Gasteiger partial charge on any atom is 0.311 e. The molecule has 162 valence electrons. The Balaban J connectivity index is 1.25. The lowest BCUT2D eigenvalue weighted by atomic mass is 9.59. The predicted octanol–water partition coefficient (Wildman–Crippen LogP) is 3.35. The third-order valence-electron chi connectivity index (χ3n) is 7.93. The minimum absolute atomic E-state index is 0.0309. The highest BCUT2D eigenvalue weighted by atomic mass is 16.6. The largest absolute Gasteiger partial charge is 0.461 e. The number of piperazine rings is 1. The standard InChI is InChI=1S/C24H32N2O4/c1-16-5-3-7-24(2)14-21-17(13-19(16)24)18(23(28)30-21)15-25-8-10-26(11-9-25)22(27)20-6-4-12-29-20/h4,6,12-13,16-18,21H,3,5,7-11,14-15H2,1-2H3/t16-,17-,18-,21+,24-/m1/s1. The van der Waals surface area contributed by atoms with Crippen LogP contribution in [0, 0.1) is 23.2 Å². The molecule has 0 unspecified atom stereocenters. The van der Waals surface area contributed by atoms with Gasteiger partial charge in [0.05, 0.1) is 12.2 Å². The molecular formula is C24H32N2O4. The number of esters is 1. The minimum Gasteiger partial charge on any atom is -0.461 e. The molecule has 1 saturated carbocycles. The SMILES string of the molecule is C[C@@H]1CCC[C@]2(C)C[C@@H]3OC(=O)[C@H](CN4CCN(C(=O)c5ccco5)CC4)[C@H]3C=C12. The van der Waals surface area contributed by atoms with E-state index < -0.39 is 0 Å². The quantitative estimate of drug-likeness (QED) is 0.563. The number of fused-ring (bicyclic) bond motifs is 2. The van der Waals surface area contributed by atoms with Gasteiger partial charge < -0.3 is 14.1 Å². The second-order valence-corrected chi connectivity index (χ2v) is 9.91. The van der Waals surface area contributed by atoms with Crippen molar-refractivity contribution in [3.8, 4) is 0 Å². The molecule has 4 aliphatic rings. The summed E-state index contributed by atoms with van der Waals surface area (Å²) in [6, 6.07) is 3.45. The van der Waals surface area contributed by atoms with Crippen molar-refractivity contribution < 1.29 is 18.7 Å². The van der Waals surface area contributed by atoms with E-state index in [1.54, 1.807) is 17.7 Å². The summed E-state index contributed by atoms with van der Waals surface area (Å²) in [7, 11) is 0. The maximum atomic E-state index is 12.8. The first-order chi connectivity index (χ1) is 14.4. The summed E-state index contributed by atoms with van der Waals surface area (Å²) in [5, 5.41) is 0. The molecule has 2 saturated heterocycles. The Morgan fingerprint density at radius 1 is 1.27 bits per heavy atom. The number of carbonyl (C=O) groups excluding carboxylic acids is 2. The number of hydrogen-bond acceptors (Lipinski definition) is 5. The molecule has 2 aliphatic heterocycles. The molecule has 1 amide bonds. The summed E-state index contributed by atoms with van der Waals surface area (Å²) < 4.78 is 11.1. The van der Waals surface area contributed by atoms with Gasteiger partial charge in [-0.15, -0.1) is 0 Å². The number of furan rings is 1. The minimum atomic E-state index is -0.0894. The Kier molecular flexibility index (Phi) is 5.00. The average Bonchev–Trinajstić information content (AvgIpc) is 3.35. The van der Waals surface area contributed by atoms with E-state index in [9.17, 15) is 9.59 Å². The number of carbonyl (C=O) groups is 2. The monoisotopic (exact) mass is 412 g/mol. The Morgan fingerprint density at radius 2 is 2.07 bits per heavy atom. The van der Waals surface area contributed by atoms with Crippen LogP contribution in [0.1, 0.15) is 50.1 Å². The summed E-state index contributed by atoms with van der Waals surface area (Å²) in [5.74, 6) is 1.02. The molecule has 6 nitrogen and oxygen atoms in total. The van der Waals surface area contributed by atoms with Crippen molar-refractivity contribution in [3.05, 3.63) is 35.8 Å². The van der Waals surface area contributed by atoms with Crippen LogP contribution in [-0.4, -0.2) is 60.5 Å². The molecule has 30 heavy (non-hydrogen) atoms. The lowest BCUT2D eigenvalue weighted by Gasteiger charge is -2.46. The lowest BCUT2D eigenvalue weighted by Crippen LogP contribution is -2.50. The molecule has 1 aromatic rings. The van der Waals surface area contributed by atoms with Gasteiger partial charge >= 0.3 is 5.97 Å². The smallest absolute Gasteiger partial charge is 0.311 e. The fourth-order valence-corrected chi connectivity index (χ4v) is 6.23. The van der Waals surface area contributed by atoms with Crippen LogP contribution >= 0.6 is 0 Å². The molecule has 0 N–H and O–H groups in total. The second kappa shape index (κ2) is 7.56. The summed E-state index contributed by atoms with van der Waals surface area (Å²) in [4.78, 5) is 29.4. The topological polar surface area (TPSA) is 63.0 Å². The number of allylic oxidation sites excluding steroid dienone is 1. The molecule has 3 heterocycles. The highest BCUT2D eigenvalue weighted by Gasteiger charge is 2.52. The van der Waals surface area contributed by atoms with Gasteiger partial charge in [-0.3, -0.25) is 14.5 Å². The van der Waals surface area contributed by atoms with Gasteiger partial charge in [-0.25, -0.2) is 0 Å². The van der Waals surface area contributed by atoms with Crippen molar-refractivity contribution in [1.29, 1.82) is 0 Å². The van der Waals surface area contributed by atoms with E-state index in [0.717, 1.165) is 26.1 Å². The molecule has 5 rings (SSSR count). The maximum absolute atomic E-state index is 12.8. The van der Waals surface area contributed by atoms with Gasteiger partial charge in [0.2, 0.25) is 0 Å². The first-order valence-electron chi connectivity index (χ1n) is 11.4. The molecule has 5 atom stereocenters. The molecule has 0 aromatic carbocycles. The Morgan fingerprint density at radius 3 is 2.80 bits per heavy atom. The molecule has 0 spiro atoms. The van der Waals surface area contributed by atoms with Gasteiger partial charge in [-0.1, -0.05) is 31.9 Å². The summed E-state index contributed by atoms with van der Waals surface area (Å²) in [6.07, 6.45) is 8.69. The molecule has 1 aromatic heterocycles. The first-order valence-corrected chi connectivity index (χ1v) is 11.4. The van der Waals surface area contributed by atoms with Crippen LogP contribution in [0.3, 0.4) is 0 Å². The molecule has 6 heteroatoms. The van der Waals surface area contributed by atoms with Crippen LogP contribution in [0.4, 0.5) is 0 Å². The van der Waals surface area contributed by atoms with Crippen LogP contribution in [0.25, 0.3) is 0 Å². The summed E-state index contributed by atoms with van der Waals surface area (Å²) in [5.41, 5.74) is 1.76. The number of rotatable bonds is 3. The van der Waals surface area contributed by atoms with Gasteiger partial charge in [0.15, 0.2) is 5.76 Å². The van der Waals surface area contributed by atoms with Crippen LogP contribution in [-0.2, 0) is 9.53 Å². The third-order valence-corrected chi connectivity index (χ3v) is 7.93. The van der Waals surface area contributed by atoms with Gasteiger partial charge in [0.1, 0.15) is 6.10 Å². The van der Waals surface area contributed by atoms with E-state index in [1.165, 1.54) is 25.5 Å². The fourth-order valence-electron chi connectivity index (χ4n) is 6.23. The normalized spacial score (nSPS) is 36.7. The Labute approximate surface area is 178 Å². The van der Waals surface area contributed by atoms with Crippen molar-refractivity contribution in [1.82, 2.24) is 9.80 Å². The van der Waals surface area contributed by atoms with E-state index in [1.807, 2.05) is 4.90 Å². The highest BCUT2D eigenvalue weighted by molar-refractivity contribution is 5.91. The van der Waals surface area contributed by atoms with Gasteiger partial charge in [0, 0.05) is 38.6 Å². The fraction of sp³-hybridized carbons (Fsp3) is 0.667. The zero-order chi connectivity index (χ0) is 20.9. The molecule has 2 aliphatic carbocycles. The van der Waals surface area contributed by atoms with E-state index in [2.05, 4.69) is 24.8 Å². The van der Waals surface area contributed by atoms with Crippen molar-refractivity contribution in [2.75, 3.05) is 32.7 Å². The Bertz CT molecular complexity index is 839. The molecule has 3 fully saturated rings. The number of hydrogen-bond donors (Lipinski definition) is 0. The van der Waals surface area contributed by atoms with Crippen LogP contribution in [0.5, 0.6) is 0 Å². The van der Waals surface area contributed by atoms with Crippen LogP contribution in [0.15, 0.2) is 34.5 Å². The van der Waals surface area contributed by atoms with E-state index in [-0.39, 0.29) is 35.2 Å². The molecule has 0 radical (unpaired) electrons. The molecular weight excluding hydrogens is 380 g/mol. The highest BCUT2D eigenvalue weighted by Crippen LogP contribution is 2.54. The van der Waals surface area contributed by atoms with Crippen molar-refractivity contribution in [2.45, 2.75) is 45.6 Å².